The lowest BCUT2D eigenvalue weighted by atomic mass is 10.0. The third-order valence-corrected chi connectivity index (χ3v) is 10.1. The lowest BCUT2D eigenvalue weighted by Crippen LogP contribution is -2.46. The van der Waals surface area contributed by atoms with E-state index in [1.54, 1.807) is 30.5 Å². The van der Waals surface area contributed by atoms with Gasteiger partial charge in [-0.2, -0.15) is 4.31 Å². The Morgan fingerprint density at radius 2 is 1.64 bits per heavy atom. The van der Waals surface area contributed by atoms with Gasteiger partial charge in [0.25, 0.3) is 0 Å². The van der Waals surface area contributed by atoms with Crippen LogP contribution >= 0.6 is 11.8 Å². The first kappa shape index (κ1) is 29.8. The van der Waals surface area contributed by atoms with Gasteiger partial charge in [-0.25, -0.2) is 8.42 Å². The zero-order valence-electron chi connectivity index (χ0n) is 23.6. The highest BCUT2D eigenvalue weighted by Crippen LogP contribution is 2.32. The Bertz CT molecular complexity index is 1570. The number of amides is 1. The number of carbonyl (C=O) groups excluding carboxylic acids is 1. The minimum Gasteiger partial charge on any atom is -0.491 e. The quantitative estimate of drug-likeness (QED) is 0.267. The van der Waals surface area contributed by atoms with Gasteiger partial charge in [-0.15, -0.1) is 11.8 Å². The van der Waals surface area contributed by atoms with E-state index in [4.69, 9.17) is 4.74 Å². The molecule has 0 radical (unpaired) electrons. The second kappa shape index (κ2) is 13.5. The van der Waals surface area contributed by atoms with Crippen molar-refractivity contribution in [3.63, 3.8) is 0 Å². The second-order valence-corrected chi connectivity index (χ2v) is 13.2. The highest BCUT2D eigenvalue weighted by Gasteiger charge is 2.41. The van der Waals surface area contributed by atoms with Crippen LogP contribution in [0.4, 0.5) is 0 Å². The molecule has 218 valence electrons. The maximum absolute atomic E-state index is 13.7. The Balaban J connectivity index is 1.34. The van der Waals surface area contributed by atoms with E-state index in [0.717, 1.165) is 23.2 Å². The van der Waals surface area contributed by atoms with Gasteiger partial charge in [0.15, 0.2) is 0 Å². The largest absolute Gasteiger partial charge is 0.491 e. The number of sulfonamides is 1. The lowest BCUT2D eigenvalue weighted by Gasteiger charge is -2.26. The minimum atomic E-state index is -3.90. The molecule has 1 aromatic heterocycles. The number of nitrogens with zero attached hydrogens (tertiary/aromatic N) is 3. The fourth-order valence-corrected chi connectivity index (χ4v) is 7.76. The summed E-state index contributed by atoms with van der Waals surface area (Å²) in [4.78, 5) is 20.5. The Hall–Kier alpha value is -3.70. The van der Waals surface area contributed by atoms with Gasteiger partial charge in [0.2, 0.25) is 15.9 Å². The topological polar surface area (TPSA) is 91.8 Å². The van der Waals surface area contributed by atoms with E-state index in [1.165, 1.54) is 16.1 Å². The van der Waals surface area contributed by atoms with Crippen molar-refractivity contribution < 1.29 is 17.9 Å². The van der Waals surface area contributed by atoms with E-state index in [-0.39, 0.29) is 17.3 Å². The van der Waals surface area contributed by atoms with Crippen LogP contribution in [-0.4, -0.2) is 73.4 Å². The molecule has 0 unspecified atom stereocenters. The van der Waals surface area contributed by atoms with E-state index >= 15 is 0 Å². The van der Waals surface area contributed by atoms with Gasteiger partial charge >= 0.3 is 0 Å². The van der Waals surface area contributed by atoms with Crippen LogP contribution in [0, 0.1) is 0 Å². The summed E-state index contributed by atoms with van der Waals surface area (Å²) in [5.74, 6) is 0.775. The van der Waals surface area contributed by atoms with Crippen LogP contribution in [0.2, 0.25) is 0 Å². The Kier molecular flexibility index (Phi) is 9.58. The maximum atomic E-state index is 13.7. The molecule has 42 heavy (non-hydrogen) atoms. The molecule has 0 bridgehead atoms. The molecule has 1 N–H and O–H groups in total. The molecule has 1 aliphatic heterocycles. The summed E-state index contributed by atoms with van der Waals surface area (Å²) >= 11 is 1.32. The number of hydrogen-bond donors (Lipinski definition) is 1. The number of rotatable bonds is 11. The predicted octanol–water partition coefficient (Wildman–Crippen LogP) is 4.66. The SMILES string of the molecule is CN(C)CCOc1ccc([C@H](NC(=O)[C@@H]2SCCN2S(=O)(=O)c2ccc(-c3ccccc3)cc2)c2ccccc2)nc1. The first-order valence-electron chi connectivity index (χ1n) is 13.7. The molecule has 0 aliphatic carbocycles. The molecular weight excluding hydrogens is 569 g/mol. The minimum absolute atomic E-state index is 0.161. The summed E-state index contributed by atoms with van der Waals surface area (Å²) < 4.78 is 34.5. The summed E-state index contributed by atoms with van der Waals surface area (Å²) in [5.41, 5.74) is 3.40. The summed E-state index contributed by atoms with van der Waals surface area (Å²) in [5, 5.41) is 2.18. The highest BCUT2D eigenvalue weighted by atomic mass is 32.2. The molecule has 1 aliphatic rings. The van der Waals surface area contributed by atoms with Gasteiger partial charge in [-0.05, 0) is 55.1 Å². The number of nitrogens with one attached hydrogen (secondary N) is 1. The third-order valence-electron chi connectivity index (χ3n) is 6.92. The summed E-state index contributed by atoms with van der Waals surface area (Å²) in [6, 6.07) is 29.2. The van der Waals surface area contributed by atoms with Crippen molar-refractivity contribution in [3.8, 4) is 16.9 Å². The van der Waals surface area contributed by atoms with E-state index in [9.17, 15) is 13.2 Å². The monoisotopic (exact) mass is 602 g/mol. The first-order chi connectivity index (χ1) is 20.3. The van der Waals surface area contributed by atoms with Gasteiger partial charge < -0.3 is 15.0 Å². The molecular formula is C32H34N4O4S2. The Labute approximate surface area is 251 Å². The fraction of sp³-hybridized carbons (Fsp3) is 0.250. The smallest absolute Gasteiger partial charge is 0.249 e. The van der Waals surface area contributed by atoms with Crippen molar-refractivity contribution in [3.05, 3.63) is 115 Å². The zero-order chi connectivity index (χ0) is 29.5. The standard InChI is InChI=1S/C32H34N4O4S2/c1-35(2)19-21-40-27-15-18-29(33-23-27)30(26-11-7-4-8-12-26)34-31(37)32-36(20-22-41-32)42(38,39)28-16-13-25(14-17-28)24-9-5-3-6-10-24/h3-18,23,30,32H,19-22H2,1-2H3,(H,34,37)/t30-,32+/m1/s1. The van der Waals surface area contributed by atoms with Crippen molar-refractivity contribution in [2.24, 2.45) is 0 Å². The number of ether oxygens (including phenoxy) is 1. The fourth-order valence-electron chi connectivity index (χ4n) is 4.67. The van der Waals surface area contributed by atoms with Crippen molar-refractivity contribution >= 4 is 27.7 Å². The first-order valence-corrected chi connectivity index (χ1v) is 16.2. The molecule has 3 aromatic carbocycles. The van der Waals surface area contributed by atoms with Crippen LogP contribution in [0.15, 0.2) is 108 Å². The molecule has 8 nitrogen and oxygen atoms in total. The van der Waals surface area contributed by atoms with Gasteiger partial charge in [0.1, 0.15) is 17.7 Å². The zero-order valence-corrected chi connectivity index (χ0v) is 25.2. The number of benzene rings is 3. The molecule has 0 saturated carbocycles. The molecule has 4 aromatic rings. The van der Waals surface area contributed by atoms with Gasteiger partial charge in [-0.1, -0.05) is 72.8 Å². The van der Waals surface area contributed by atoms with Crippen LogP contribution in [0.5, 0.6) is 5.75 Å². The molecule has 10 heteroatoms. The Morgan fingerprint density at radius 1 is 0.976 bits per heavy atom. The molecule has 5 rings (SSSR count). The number of thioether (sulfide) groups is 1. The van der Waals surface area contributed by atoms with E-state index in [0.29, 0.717) is 23.8 Å². The van der Waals surface area contributed by atoms with Gasteiger partial charge in [0.05, 0.1) is 22.8 Å². The van der Waals surface area contributed by atoms with E-state index in [1.807, 2.05) is 91.8 Å². The van der Waals surface area contributed by atoms with Gasteiger partial charge in [-0.3, -0.25) is 9.78 Å². The highest BCUT2D eigenvalue weighted by molar-refractivity contribution is 8.02. The lowest BCUT2D eigenvalue weighted by molar-refractivity contribution is -0.122. The summed E-state index contributed by atoms with van der Waals surface area (Å²) in [6.45, 7) is 1.56. The van der Waals surface area contributed by atoms with E-state index < -0.39 is 21.4 Å². The predicted molar refractivity (Wildman–Crippen MR) is 167 cm³/mol. The normalized spacial score (nSPS) is 16.3. The van der Waals surface area contributed by atoms with Crippen LogP contribution in [-0.2, 0) is 14.8 Å². The van der Waals surface area contributed by atoms with Crippen molar-refractivity contribution in [2.75, 3.05) is 39.5 Å². The second-order valence-electron chi connectivity index (χ2n) is 10.2. The molecule has 0 spiro atoms. The van der Waals surface area contributed by atoms with Crippen LogP contribution in [0.1, 0.15) is 17.3 Å². The Morgan fingerprint density at radius 3 is 2.29 bits per heavy atom. The summed E-state index contributed by atoms with van der Waals surface area (Å²) in [7, 11) is 0.0597. The molecule has 1 saturated heterocycles. The van der Waals surface area contributed by atoms with Crippen LogP contribution in [0.25, 0.3) is 11.1 Å². The number of pyridine rings is 1. The van der Waals surface area contributed by atoms with Crippen molar-refractivity contribution in [1.82, 2.24) is 19.5 Å². The van der Waals surface area contributed by atoms with E-state index in [2.05, 4.69) is 10.3 Å². The molecule has 1 amide bonds. The van der Waals surface area contributed by atoms with Crippen LogP contribution < -0.4 is 10.1 Å². The average molecular weight is 603 g/mol. The molecule has 2 heterocycles. The molecule has 1 fully saturated rings. The number of carbonyl (C=O) groups is 1. The number of aromatic nitrogens is 1. The van der Waals surface area contributed by atoms with Crippen molar-refractivity contribution in [2.45, 2.75) is 16.3 Å². The average Bonchev–Trinajstić information content (AvgIpc) is 3.53. The van der Waals surface area contributed by atoms with Gasteiger partial charge in [0, 0.05) is 18.8 Å². The molecule has 2 atom stereocenters. The number of hydrogen-bond acceptors (Lipinski definition) is 7. The van der Waals surface area contributed by atoms with Crippen LogP contribution in [0.3, 0.4) is 0 Å². The third kappa shape index (κ3) is 7.01. The summed E-state index contributed by atoms with van der Waals surface area (Å²) in [6.07, 6.45) is 1.65. The van der Waals surface area contributed by atoms with Crippen molar-refractivity contribution in [1.29, 1.82) is 0 Å². The maximum Gasteiger partial charge on any atom is 0.249 e. The number of likely N-dealkylation sites (N-methyl/N-ethyl adjacent to an activating group) is 1.